The molecule has 0 aliphatic rings. The molecule has 5 nitrogen and oxygen atoms in total. The Hall–Kier alpha value is -3.02. The van der Waals surface area contributed by atoms with Crippen LogP contribution in [0.3, 0.4) is 0 Å². The Labute approximate surface area is 145 Å². The monoisotopic (exact) mass is 339 g/mol. The second-order valence-electron chi connectivity index (χ2n) is 5.65. The highest BCUT2D eigenvalue weighted by atomic mass is 19.1. The van der Waals surface area contributed by atoms with E-state index < -0.39 is 11.8 Å². The number of ether oxygens (including phenoxy) is 1. The van der Waals surface area contributed by atoms with E-state index in [1.807, 2.05) is 18.2 Å². The van der Waals surface area contributed by atoms with Crippen molar-refractivity contribution in [3.05, 3.63) is 83.4 Å². The first kappa shape index (κ1) is 16.8. The number of aryl methyl sites for hydroxylation is 2. The lowest BCUT2D eigenvalue weighted by molar-refractivity contribution is 0.0467. The standard InChI is InChI=1S/C19H18FN3O2/c20-17-10-8-16(9-11-17)19(24)25-14-18-13-23(22-21-18)12-4-7-15-5-2-1-3-6-15/h1-3,5-6,8-11,13H,4,7,12,14H2. The summed E-state index contributed by atoms with van der Waals surface area (Å²) in [6.07, 6.45) is 3.68. The van der Waals surface area contributed by atoms with Crippen molar-refractivity contribution in [1.82, 2.24) is 15.0 Å². The van der Waals surface area contributed by atoms with Crippen molar-refractivity contribution in [2.45, 2.75) is 26.0 Å². The summed E-state index contributed by atoms with van der Waals surface area (Å²) >= 11 is 0. The summed E-state index contributed by atoms with van der Waals surface area (Å²) in [6, 6.07) is 15.5. The van der Waals surface area contributed by atoms with Crippen molar-refractivity contribution in [3.63, 3.8) is 0 Å². The van der Waals surface area contributed by atoms with Crippen LogP contribution in [0.15, 0.2) is 60.8 Å². The van der Waals surface area contributed by atoms with Crippen molar-refractivity contribution < 1.29 is 13.9 Å². The number of benzene rings is 2. The minimum atomic E-state index is -0.515. The number of aromatic nitrogens is 3. The SMILES string of the molecule is O=C(OCc1cn(CCCc2ccccc2)nn1)c1ccc(F)cc1. The van der Waals surface area contributed by atoms with Gasteiger partial charge in [0.15, 0.2) is 0 Å². The number of rotatable bonds is 7. The van der Waals surface area contributed by atoms with E-state index in [1.165, 1.54) is 29.8 Å². The number of hydrogen-bond acceptors (Lipinski definition) is 4. The maximum absolute atomic E-state index is 12.8. The predicted octanol–water partition coefficient (Wildman–Crippen LogP) is 3.41. The zero-order chi connectivity index (χ0) is 17.5. The van der Waals surface area contributed by atoms with Crippen LogP contribution in [-0.4, -0.2) is 21.0 Å². The van der Waals surface area contributed by atoms with Crippen molar-refractivity contribution in [2.24, 2.45) is 0 Å². The molecule has 2 aromatic carbocycles. The number of hydrogen-bond donors (Lipinski definition) is 0. The van der Waals surface area contributed by atoms with Crippen molar-refractivity contribution in [3.8, 4) is 0 Å². The van der Waals surface area contributed by atoms with Crippen molar-refractivity contribution >= 4 is 5.97 Å². The Morgan fingerprint density at radius 1 is 1.08 bits per heavy atom. The summed E-state index contributed by atoms with van der Waals surface area (Å²) in [5.74, 6) is -0.909. The molecule has 128 valence electrons. The fourth-order valence-electron chi connectivity index (χ4n) is 2.41. The molecule has 3 rings (SSSR count). The summed E-state index contributed by atoms with van der Waals surface area (Å²) in [7, 11) is 0. The molecular formula is C19H18FN3O2. The molecule has 0 saturated carbocycles. The highest BCUT2D eigenvalue weighted by Gasteiger charge is 2.09. The van der Waals surface area contributed by atoms with E-state index in [9.17, 15) is 9.18 Å². The van der Waals surface area contributed by atoms with Crippen LogP contribution in [0.1, 0.15) is 28.0 Å². The van der Waals surface area contributed by atoms with Gasteiger partial charge in [0.1, 0.15) is 18.1 Å². The number of esters is 1. The Morgan fingerprint density at radius 2 is 1.84 bits per heavy atom. The van der Waals surface area contributed by atoms with Crippen LogP contribution in [0.2, 0.25) is 0 Å². The van der Waals surface area contributed by atoms with Crippen LogP contribution in [0.25, 0.3) is 0 Å². The van der Waals surface area contributed by atoms with Gasteiger partial charge in [0.25, 0.3) is 0 Å². The largest absolute Gasteiger partial charge is 0.455 e. The number of carbonyl (C=O) groups excluding carboxylic acids is 1. The van der Waals surface area contributed by atoms with Gasteiger partial charge in [-0.05, 0) is 42.7 Å². The lowest BCUT2D eigenvalue weighted by atomic mass is 10.1. The zero-order valence-corrected chi connectivity index (χ0v) is 13.6. The van der Waals surface area contributed by atoms with Crippen LogP contribution in [0.4, 0.5) is 4.39 Å². The Kier molecular flexibility index (Phi) is 5.51. The van der Waals surface area contributed by atoms with Crippen molar-refractivity contribution in [1.29, 1.82) is 0 Å². The van der Waals surface area contributed by atoms with Gasteiger partial charge < -0.3 is 4.74 Å². The molecule has 3 aromatic rings. The number of carbonyl (C=O) groups is 1. The second-order valence-corrected chi connectivity index (χ2v) is 5.65. The van der Waals surface area contributed by atoms with Crippen LogP contribution >= 0.6 is 0 Å². The molecule has 0 atom stereocenters. The highest BCUT2D eigenvalue weighted by molar-refractivity contribution is 5.89. The predicted molar refractivity (Wildman–Crippen MR) is 90.3 cm³/mol. The van der Waals surface area contributed by atoms with Gasteiger partial charge in [0.2, 0.25) is 0 Å². The van der Waals surface area contributed by atoms with E-state index in [0.29, 0.717) is 11.3 Å². The molecule has 0 unspecified atom stereocenters. The topological polar surface area (TPSA) is 57.0 Å². The van der Waals surface area contributed by atoms with Gasteiger partial charge in [-0.2, -0.15) is 0 Å². The van der Waals surface area contributed by atoms with Gasteiger partial charge >= 0.3 is 5.97 Å². The molecule has 0 radical (unpaired) electrons. The first-order valence-electron chi connectivity index (χ1n) is 8.06. The molecule has 1 aromatic heterocycles. The minimum Gasteiger partial charge on any atom is -0.455 e. The van der Waals surface area contributed by atoms with E-state index in [1.54, 1.807) is 10.9 Å². The molecule has 0 fully saturated rings. The van der Waals surface area contributed by atoms with E-state index >= 15 is 0 Å². The normalized spacial score (nSPS) is 10.6. The van der Waals surface area contributed by atoms with Gasteiger partial charge in [0.05, 0.1) is 11.8 Å². The fraction of sp³-hybridized carbons (Fsp3) is 0.211. The summed E-state index contributed by atoms with van der Waals surface area (Å²) in [5.41, 5.74) is 2.17. The van der Waals surface area contributed by atoms with Gasteiger partial charge in [-0.3, -0.25) is 4.68 Å². The molecular weight excluding hydrogens is 321 g/mol. The van der Waals surface area contributed by atoms with Crippen LogP contribution < -0.4 is 0 Å². The third kappa shape index (κ3) is 4.97. The first-order chi connectivity index (χ1) is 12.2. The fourth-order valence-corrected chi connectivity index (χ4v) is 2.41. The Bertz CT molecular complexity index is 816. The smallest absolute Gasteiger partial charge is 0.338 e. The first-order valence-corrected chi connectivity index (χ1v) is 8.06. The molecule has 25 heavy (non-hydrogen) atoms. The molecule has 0 N–H and O–H groups in total. The number of nitrogens with zero attached hydrogens (tertiary/aromatic N) is 3. The summed E-state index contributed by atoms with van der Waals surface area (Å²) in [5, 5.41) is 8.03. The molecule has 6 heteroatoms. The molecule has 0 aliphatic heterocycles. The van der Waals surface area contributed by atoms with Gasteiger partial charge in [-0.15, -0.1) is 5.10 Å². The van der Waals surface area contributed by atoms with Crippen molar-refractivity contribution in [2.75, 3.05) is 0 Å². The summed E-state index contributed by atoms with van der Waals surface area (Å²) in [6.45, 7) is 0.780. The average Bonchev–Trinajstić information content (AvgIpc) is 3.09. The van der Waals surface area contributed by atoms with E-state index in [4.69, 9.17) is 4.74 Å². The highest BCUT2D eigenvalue weighted by Crippen LogP contribution is 2.07. The van der Waals surface area contributed by atoms with Crippen LogP contribution in [-0.2, 0) is 24.3 Å². The van der Waals surface area contributed by atoms with E-state index in [2.05, 4.69) is 22.4 Å². The van der Waals surface area contributed by atoms with Gasteiger partial charge in [-0.25, -0.2) is 9.18 Å². The summed E-state index contributed by atoms with van der Waals surface area (Å²) in [4.78, 5) is 11.9. The average molecular weight is 339 g/mol. The van der Waals surface area contributed by atoms with Crippen LogP contribution in [0.5, 0.6) is 0 Å². The van der Waals surface area contributed by atoms with Gasteiger partial charge in [0, 0.05) is 6.54 Å². The minimum absolute atomic E-state index is 0.0366. The molecule has 0 amide bonds. The zero-order valence-electron chi connectivity index (χ0n) is 13.6. The lowest BCUT2D eigenvalue weighted by Crippen LogP contribution is -2.05. The molecule has 0 bridgehead atoms. The molecule has 0 spiro atoms. The third-order valence-electron chi connectivity index (χ3n) is 3.71. The maximum atomic E-state index is 12.8. The quantitative estimate of drug-likeness (QED) is 0.619. The van der Waals surface area contributed by atoms with Crippen LogP contribution in [0, 0.1) is 5.82 Å². The van der Waals surface area contributed by atoms with E-state index in [-0.39, 0.29) is 6.61 Å². The van der Waals surface area contributed by atoms with E-state index in [0.717, 1.165) is 19.4 Å². The maximum Gasteiger partial charge on any atom is 0.338 e. The second kappa shape index (κ2) is 8.19. The number of halogens is 1. The third-order valence-corrected chi connectivity index (χ3v) is 3.71. The lowest BCUT2D eigenvalue weighted by Gasteiger charge is -2.02. The summed E-state index contributed by atoms with van der Waals surface area (Å²) < 4.78 is 19.7. The molecule has 1 heterocycles. The molecule has 0 aliphatic carbocycles. The Morgan fingerprint density at radius 3 is 2.60 bits per heavy atom. The molecule has 0 saturated heterocycles. The Balaban J connectivity index is 1.45. The van der Waals surface area contributed by atoms with Gasteiger partial charge in [-0.1, -0.05) is 35.5 Å².